The zero-order chi connectivity index (χ0) is 14.9. The van der Waals surface area contributed by atoms with Gasteiger partial charge in [0.1, 0.15) is 18.2 Å². The first kappa shape index (κ1) is 14.1. The summed E-state index contributed by atoms with van der Waals surface area (Å²) in [7, 11) is 1.59. The van der Waals surface area contributed by atoms with Gasteiger partial charge in [0.15, 0.2) is 0 Å². The largest absolute Gasteiger partial charge is 0.481 e. The van der Waals surface area contributed by atoms with Crippen molar-refractivity contribution in [2.75, 3.05) is 31.6 Å². The second-order valence-corrected chi connectivity index (χ2v) is 5.88. The Labute approximate surface area is 123 Å². The zero-order valence-electron chi connectivity index (χ0n) is 12.1. The number of ether oxygens (including phenoxy) is 1. The molecule has 2 N–H and O–H groups in total. The maximum Gasteiger partial charge on any atom is 0.320 e. The van der Waals surface area contributed by atoms with E-state index in [0.717, 1.165) is 44.7 Å². The fourth-order valence-electron chi connectivity index (χ4n) is 3.30. The molecular weight excluding hydrogens is 272 g/mol. The molecule has 2 saturated heterocycles. The van der Waals surface area contributed by atoms with Crippen LogP contribution in [0.2, 0.25) is 0 Å². The molecule has 1 aromatic heterocycles. The molecule has 0 radical (unpaired) electrons. The third-order valence-corrected chi connectivity index (χ3v) is 4.64. The van der Waals surface area contributed by atoms with E-state index in [2.05, 4.69) is 20.2 Å². The van der Waals surface area contributed by atoms with E-state index in [1.54, 1.807) is 7.11 Å². The number of anilines is 1. The molecule has 2 aliphatic rings. The first-order valence-electron chi connectivity index (χ1n) is 7.19. The van der Waals surface area contributed by atoms with Gasteiger partial charge in [-0.05, 0) is 24.7 Å². The minimum absolute atomic E-state index is 0.122. The monoisotopic (exact) mass is 292 g/mol. The molecular formula is C14H20N4O3. The number of hydrogen-bond donors (Lipinski definition) is 2. The number of nitrogens with zero attached hydrogens (tertiary/aromatic N) is 3. The molecule has 1 spiro atoms. The van der Waals surface area contributed by atoms with Crippen LogP contribution in [0.5, 0.6) is 5.88 Å². The fraction of sp³-hybridized carbons (Fsp3) is 0.643. The molecule has 3 rings (SSSR count). The number of carbonyl (C=O) groups is 1. The van der Waals surface area contributed by atoms with Crippen LogP contribution in [-0.4, -0.2) is 53.8 Å². The van der Waals surface area contributed by atoms with Gasteiger partial charge in [0, 0.05) is 25.7 Å². The van der Waals surface area contributed by atoms with Crippen LogP contribution in [0, 0.1) is 5.41 Å². The highest BCUT2D eigenvalue weighted by Crippen LogP contribution is 2.40. The topological polar surface area (TPSA) is 87.6 Å². The van der Waals surface area contributed by atoms with Gasteiger partial charge in [-0.2, -0.15) is 0 Å². The molecule has 0 saturated carbocycles. The lowest BCUT2D eigenvalue weighted by molar-refractivity contribution is -0.139. The van der Waals surface area contributed by atoms with Gasteiger partial charge in [0.2, 0.25) is 5.88 Å². The van der Waals surface area contributed by atoms with Crippen molar-refractivity contribution in [2.45, 2.75) is 25.3 Å². The van der Waals surface area contributed by atoms with Crippen LogP contribution in [-0.2, 0) is 4.79 Å². The van der Waals surface area contributed by atoms with E-state index in [4.69, 9.17) is 9.84 Å². The molecule has 2 fully saturated rings. The Kier molecular flexibility index (Phi) is 3.67. The van der Waals surface area contributed by atoms with E-state index in [0.29, 0.717) is 5.88 Å². The summed E-state index contributed by atoms with van der Waals surface area (Å²) in [6, 6.07) is 1.45. The Morgan fingerprint density at radius 2 is 2.24 bits per heavy atom. The van der Waals surface area contributed by atoms with E-state index in [1.807, 2.05) is 6.07 Å². The molecule has 0 aromatic carbocycles. The Balaban J connectivity index is 1.64. The molecule has 3 heterocycles. The average molecular weight is 292 g/mol. The molecule has 7 heteroatoms. The fourth-order valence-corrected chi connectivity index (χ4v) is 3.30. The second kappa shape index (κ2) is 5.48. The van der Waals surface area contributed by atoms with Crippen LogP contribution >= 0.6 is 0 Å². The maximum absolute atomic E-state index is 11.1. The SMILES string of the molecule is COc1cc(N2CCC3(CC2)CN[C@@H](C(=O)O)C3)ncn1. The normalized spacial score (nSPS) is 24.2. The molecule has 114 valence electrons. The van der Waals surface area contributed by atoms with Crippen molar-refractivity contribution in [2.24, 2.45) is 5.41 Å². The number of hydrogen-bond acceptors (Lipinski definition) is 6. The van der Waals surface area contributed by atoms with Crippen molar-refractivity contribution in [3.05, 3.63) is 12.4 Å². The van der Waals surface area contributed by atoms with Crippen molar-refractivity contribution < 1.29 is 14.6 Å². The number of nitrogens with one attached hydrogen (secondary N) is 1. The van der Waals surface area contributed by atoms with Crippen molar-refractivity contribution in [1.29, 1.82) is 0 Å². The summed E-state index contributed by atoms with van der Waals surface area (Å²) < 4.78 is 5.13. The molecule has 0 aliphatic carbocycles. The second-order valence-electron chi connectivity index (χ2n) is 5.88. The lowest BCUT2D eigenvalue weighted by atomic mass is 9.76. The molecule has 21 heavy (non-hydrogen) atoms. The summed E-state index contributed by atoms with van der Waals surface area (Å²) in [6.45, 7) is 2.56. The lowest BCUT2D eigenvalue weighted by Gasteiger charge is -2.39. The first-order valence-corrected chi connectivity index (χ1v) is 7.19. The highest BCUT2D eigenvalue weighted by molar-refractivity contribution is 5.74. The number of piperidine rings is 1. The van der Waals surface area contributed by atoms with Crippen LogP contribution in [0.3, 0.4) is 0 Å². The summed E-state index contributed by atoms with van der Waals surface area (Å²) in [5, 5.41) is 12.2. The lowest BCUT2D eigenvalue weighted by Crippen LogP contribution is -2.41. The van der Waals surface area contributed by atoms with Gasteiger partial charge in [-0.3, -0.25) is 4.79 Å². The zero-order valence-corrected chi connectivity index (χ0v) is 12.1. The standard InChI is InChI=1S/C14H20N4O3/c1-21-12-6-11(16-9-17-12)18-4-2-14(3-5-18)7-10(13(19)20)15-8-14/h6,9-10,15H,2-5,7-8H2,1H3,(H,19,20)/t10-/m1/s1. The van der Waals surface area contributed by atoms with Crippen LogP contribution < -0.4 is 15.0 Å². The van der Waals surface area contributed by atoms with Crippen molar-refractivity contribution in [3.8, 4) is 5.88 Å². The number of carboxylic acid groups (broad SMARTS) is 1. The Bertz CT molecular complexity index is 529. The van der Waals surface area contributed by atoms with Gasteiger partial charge >= 0.3 is 5.97 Å². The third-order valence-electron chi connectivity index (χ3n) is 4.64. The highest BCUT2D eigenvalue weighted by Gasteiger charge is 2.43. The molecule has 0 amide bonds. The molecule has 2 aliphatic heterocycles. The van der Waals surface area contributed by atoms with Gasteiger partial charge in [0.25, 0.3) is 0 Å². The van der Waals surface area contributed by atoms with Crippen LogP contribution in [0.1, 0.15) is 19.3 Å². The molecule has 1 aromatic rings. The van der Waals surface area contributed by atoms with E-state index >= 15 is 0 Å². The van der Waals surface area contributed by atoms with Gasteiger partial charge in [-0.15, -0.1) is 0 Å². The molecule has 0 unspecified atom stereocenters. The number of rotatable bonds is 3. The van der Waals surface area contributed by atoms with Crippen molar-refractivity contribution in [1.82, 2.24) is 15.3 Å². The average Bonchev–Trinajstić information content (AvgIpc) is 2.92. The van der Waals surface area contributed by atoms with E-state index in [1.165, 1.54) is 6.33 Å². The summed E-state index contributed by atoms with van der Waals surface area (Å²) >= 11 is 0. The summed E-state index contributed by atoms with van der Waals surface area (Å²) in [5.41, 5.74) is 0.122. The molecule has 7 nitrogen and oxygen atoms in total. The first-order chi connectivity index (χ1) is 10.1. The number of aliphatic carboxylic acids is 1. The summed E-state index contributed by atoms with van der Waals surface area (Å²) in [4.78, 5) is 21.6. The molecule has 1 atom stereocenters. The quantitative estimate of drug-likeness (QED) is 0.839. The number of carboxylic acids is 1. The molecule has 0 bridgehead atoms. The van der Waals surface area contributed by atoms with E-state index in [9.17, 15) is 4.79 Å². The smallest absolute Gasteiger partial charge is 0.320 e. The Morgan fingerprint density at radius 3 is 2.86 bits per heavy atom. The Morgan fingerprint density at radius 1 is 1.48 bits per heavy atom. The van der Waals surface area contributed by atoms with E-state index in [-0.39, 0.29) is 5.41 Å². The highest BCUT2D eigenvalue weighted by atomic mass is 16.5. The Hall–Kier alpha value is -1.89. The summed E-state index contributed by atoms with van der Waals surface area (Å²) in [5.74, 6) is 0.695. The minimum atomic E-state index is -0.741. The summed E-state index contributed by atoms with van der Waals surface area (Å²) in [6.07, 6.45) is 4.20. The predicted octanol–water partition coefficient (Wildman–Crippen LogP) is 0.518. The minimum Gasteiger partial charge on any atom is -0.481 e. The van der Waals surface area contributed by atoms with Crippen LogP contribution in [0.25, 0.3) is 0 Å². The number of aromatic nitrogens is 2. The van der Waals surface area contributed by atoms with Crippen molar-refractivity contribution >= 4 is 11.8 Å². The van der Waals surface area contributed by atoms with E-state index < -0.39 is 12.0 Å². The predicted molar refractivity (Wildman–Crippen MR) is 76.5 cm³/mol. The van der Waals surface area contributed by atoms with Gasteiger partial charge in [0.05, 0.1) is 7.11 Å². The van der Waals surface area contributed by atoms with Crippen LogP contribution in [0.15, 0.2) is 12.4 Å². The maximum atomic E-state index is 11.1. The van der Waals surface area contributed by atoms with Gasteiger partial charge in [-0.1, -0.05) is 0 Å². The van der Waals surface area contributed by atoms with Crippen molar-refractivity contribution in [3.63, 3.8) is 0 Å². The van der Waals surface area contributed by atoms with Gasteiger partial charge in [-0.25, -0.2) is 9.97 Å². The van der Waals surface area contributed by atoms with Crippen LogP contribution in [0.4, 0.5) is 5.82 Å². The third kappa shape index (κ3) is 2.78. The van der Waals surface area contributed by atoms with Gasteiger partial charge < -0.3 is 20.1 Å². The number of methoxy groups -OCH3 is 1.